The second-order valence-electron chi connectivity index (χ2n) is 6.75. The Bertz CT molecular complexity index is 1150. The highest BCUT2D eigenvalue weighted by Gasteiger charge is 2.23. The number of hydrogen-bond donors (Lipinski definition) is 0. The first-order chi connectivity index (χ1) is 13.7. The topological polar surface area (TPSA) is 75.3 Å². The van der Waals surface area contributed by atoms with E-state index in [0.29, 0.717) is 5.52 Å². The standard InChI is InChI=1S/C19H19FN8/c1-2-16-24-25-19-18(21-5-6-28(16)19)27-9-7-26(8-10-27)17-14-4-3-13(20)11-15(14)22-12-23-17/h3-6,11-12H,2,7-10H2,1H3. The van der Waals surface area contributed by atoms with Gasteiger partial charge in [-0.15, -0.1) is 10.2 Å². The summed E-state index contributed by atoms with van der Waals surface area (Å²) in [7, 11) is 0. The molecule has 0 aliphatic carbocycles. The molecule has 1 aliphatic rings. The second-order valence-corrected chi connectivity index (χ2v) is 6.75. The van der Waals surface area contributed by atoms with Crippen molar-refractivity contribution in [3.63, 3.8) is 0 Å². The van der Waals surface area contributed by atoms with Gasteiger partial charge in [-0.05, 0) is 12.1 Å². The summed E-state index contributed by atoms with van der Waals surface area (Å²) in [4.78, 5) is 17.6. The van der Waals surface area contributed by atoms with Crippen LogP contribution in [0.1, 0.15) is 12.7 Å². The zero-order chi connectivity index (χ0) is 19.1. The average Bonchev–Trinajstić information content (AvgIpc) is 3.16. The number of aromatic nitrogens is 6. The largest absolute Gasteiger partial charge is 0.352 e. The van der Waals surface area contributed by atoms with Crippen molar-refractivity contribution in [2.45, 2.75) is 13.3 Å². The SMILES string of the molecule is CCc1nnc2c(N3CCN(c4ncnc5cc(F)ccc45)CC3)nccn12. The molecule has 1 fully saturated rings. The summed E-state index contributed by atoms with van der Waals surface area (Å²) >= 11 is 0. The van der Waals surface area contributed by atoms with Gasteiger partial charge in [0.1, 0.15) is 23.8 Å². The van der Waals surface area contributed by atoms with E-state index in [9.17, 15) is 4.39 Å². The molecule has 1 saturated heterocycles. The predicted octanol–water partition coefficient (Wildman–Crippen LogP) is 2.10. The maximum absolute atomic E-state index is 13.5. The first kappa shape index (κ1) is 16.8. The highest BCUT2D eigenvalue weighted by atomic mass is 19.1. The lowest BCUT2D eigenvalue weighted by Crippen LogP contribution is -2.47. The van der Waals surface area contributed by atoms with Crippen molar-refractivity contribution in [2.24, 2.45) is 0 Å². The molecule has 4 heterocycles. The van der Waals surface area contributed by atoms with Gasteiger partial charge < -0.3 is 9.80 Å². The molecule has 0 bridgehead atoms. The minimum Gasteiger partial charge on any atom is -0.352 e. The van der Waals surface area contributed by atoms with Crippen LogP contribution in [0.15, 0.2) is 36.9 Å². The fourth-order valence-corrected chi connectivity index (χ4v) is 3.72. The number of benzene rings is 1. The Balaban J connectivity index is 1.41. The Kier molecular flexibility index (Phi) is 4.00. The third-order valence-electron chi connectivity index (χ3n) is 5.15. The maximum Gasteiger partial charge on any atom is 0.203 e. The first-order valence-corrected chi connectivity index (χ1v) is 9.33. The monoisotopic (exact) mass is 378 g/mol. The van der Waals surface area contributed by atoms with Gasteiger partial charge in [-0.1, -0.05) is 6.92 Å². The number of anilines is 2. The van der Waals surface area contributed by atoms with Crippen LogP contribution in [-0.2, 0) is 6.42 Å². The molecule has 4 aromatic rings. The number of piperazine rings is 1. The summed E-state index contributed by atoms with van der Waals surface area (Å²) in [6.45, 7) is 5.19. The van der Waals surface area contributed by atoms with Gasteiger partial charge in [-0.3, -0.25) is 4.40 Å². The number of hydrogen-bond acceptors (Lipinski definition) is 7. The minimum absolute atomic E-state index is 0.291. The fraction of sp³-hybridized carbons (Fsp3) is 0.316. The van der Waals surface area contributed by atoms with E-state index in [4.69, 9.17) is 0 Å². The highest BCUT2D eigenvalue weighted by molar-refractivity contribution is 5.89. The van der Waals surface area contributed by atoms with E-state index in [0.717, 1.165) is 61.1 Å². The van der Waals surface area contributed by atoms with E-state index in [1.54, 1.807) is 12.3 Å². The number of aryl methyl sites for hydroxylation is 1. The van der Waals surface area contributed by atoms with Crippen LogP contribution in [0.25, 0.3) is 16.6 Å². The summed E-state index contributed by atoms with van der Waals surface area (Å²) < 4.78 is 15.5. The Hall–Kier alpha value is -3.36. The molecular formula is C19H19FN8. The number of nitrogens with zero attached hydrogens (tertiary/aromatic N) is 8. The summed E-state index contributed by atoms with van der Waals surface area (Å²) in [6, 6.07) is 4.64. The average molecular weight is 378 g/mol. The van der Waals surface area contributed by atoms with Crippen molar-refractivity contribution >= 4 is 28.2 Å². The van der Waals surface area contributed by atoms with Crippen molar-refractivity contribution in [2.75, 3.05) is 36.0 Å². The van der Waals surface area contributed by atoms with Crippen LogP contribution in [0, 0.1) is 5.82 Å². The van der Waals surface area contributed by atoms with E-state index >= 15 is 0 Å². The number of halogens is 1. The van der Waals surface area contributed by atoms with E-state index < -0.39 is 0 Å². The van der Waals surface area contributed by atoms with Crippen molar-refractivity contribution in [1.82, 2.24) is 29.5 Å². The molecule has 0 saturated carbocycles. The molecule has 28 heavy (non-hydrogen) atoms. The lowest BCUT2D eigenvalue weighted by molar-refractivity contribution is 0.628. The molecular weight excluding hydrogens is 359 g/mol. The van der Waals surface area contributed by atoms with Crippen molar-refractivity contribution in [1.29, 1.82) is 0 Å². The quantitative estimate of drug-likeness (QED) is 0.540. The molecule has 1 aromatic carbocycles. The number of fused-ring (bicyclic) bond motifs is 2. The summed E-state index contributed by atoms with van der Waals surface area (Å²) in [5.74, 6) is 2.33. The third-order valence-corrected chi connectivity index (χ3v) is 5.15. The third kappa shape index (κ3) is 2.70. The molecule has 142 valence electrons. The van der Waals surface area contributed by atoms with Gasteiger partial charge in [0, 0.05) is 56.4 Å². The Morgan fingerprint density at radius 3 is 2.54 bits per heavy atom. The Morgan fingerprint density at radius 1 is 0.964 bits per heavy atom. The zero-order valence-corrected chi connectivity index (χ0v) is 15.5. The molecule has 9 heteroatoms. The molecule has 0 amide bonds. The van der Waals surface area contributed by atoms with E-state index in [-0.39, 0.29) is 5.82 Å². The smallest absolute Gasteiger partial charge is 0.203 e. The Labute approximate surface area is 160 Å². The van der Waals surface area contributed by atoms with Crippen molar-refractivity contribution < 1.29 is 4.39 Å². The first-order valence-electron chi connectivity index (χ1n) is 9.33. The van der Waals surface area contributed by atoms with Crippen LogP contribution in [0.3, 0.4) is 0 Å². The van der Waals surface area contributed by atoms with Gasteiger partial charge in [0.15, 0.2) is 5.82 Å². The molecule has 1 aliphatic heterocycles. The molecule has 0 N–H and O–H groups in total. The van der Waals surface area contributed by atoms with Crippen LogP contribution in [0.5, 0.6) is 0 Å². The highest BCUT2D eigenvalue weighted by Crippen LogP contribution is 2.26. The van der Waals surface area contributed by atoms with E-state index in [1.165, 1.54) is 18.5 Å². The zero-order valence-electron chi connectivity index (χ0n) is 15.5. The lowest BCUT2D eigenvalue weighted by atomic mass is 10.2. The van der Waals surface area contributed by atoms with Crippen LogP contribution in [0.2, 0.25) is 0 Å². The van der Waals surface area contributed by atoms with E-state index in [2.05, 4.69) is 41.9 Å². The molecule has 0 radical (unpaired) electrons. The molecule has 0 unspecified atom stereocenters. The van der Waals surface area contributed by atoms with Crippen LogP contribution < -0.4 is 9.80 Å². The van der Waals surface area contributed by atoms with Crippen molar-refractivity contribution in [3.05, 3.63) is 48.6 Å². The van der Waals surface area contributed by atoms with Crippen LogP contribution in [-0.4, -0.2) is 55.7 Å². The molecule has 5 rings (SSSR count). The minimum atomic E-state index is -0.291. The molecule has 0 atom stereocenters. The van der Waals surface area contributed by atoms with Crippen LogP contribution >= 0.6 is 0 Å². The van der Waals surface area contributed by atoms with E-state index in [1.807, 2.05) is 10.6 Å². The van der Waals surface area contributed by atoms with Gasteiger partial charge in [0.25, 0.3) is 0 Å². The van der Waals surface area contributed by atoms with Gasteiger partial charge in [0.05, 0.1) is 5.52 Å². The molecule has 3 aromatic heterocycles. The second kappa shape index (κ2) is 6.66. The predicted molar refractivity (Wildman–Crippen MR) is 104 cm³/mol. The van der Waals surface area contributed by atoms with Gasteiger partial charge in [0.2, 0.25) is 5.65 Å². The molecule has 8 nitrogen and oxygen atoms in total. The van der Waals surface area contributed by atoms with Gasteiger partial charge in [-0.25, -0.2) is 19.3 Å². The maximum atomic E-state index is 13.5. The fourth-order valence-electron chi connectivity index (χ4n) is 3.72. The molecule has 0 spiro atoms. The summed E-state index contributed by atoms with van der Waals surface area (Å²) in [5.41, 5.74) is 1.41. The number of rotatable bonds is 3. The Morgan fingerprint density at radius 2 is 1.75 bits per heavy atom. The summed E-state index contributed by atoms with van der Waals surface area (Å²) in [6.07, 6.45) is 6.01. The lowest BCUT2D eigenvalue weighted by Gasteiger charge is -2.36. The van der Waals surface area contributed by atoms with Gasteiger partial charge in [-0.2, -0.15) is 0 Å². The van der Waals surface area contributed by atoms with Crippen molar-refractivity contribution in [3.8, 4) is 0 Å². The summed E-state index contributed by atoms with van der Waals surface area (Å²) in [5, 5.41) is 9.45. The van der Waals surface area contributed by atoms with Gasteiger partial charge >= 0.3 is 0 Å². The van der Waals surface area contributed by atoms with Crippen LogP contribution in [0.4, 0.5) is 16.0 Å². The normalized spacial score (nSPS) is 14.9.